The largest absolute Gasteiger partial charge is 0.478 e. The van der Waals surface area contributed by atoms with Gasteiger partial charge in [0.2, 0.25) is 5.88 Å². The van der Waals surface area contributed by atoms with E-state index < -0.39 is 0 Å². The van der Waals surface area contributed by atoms with Crippen molar-refractivity contribution in [2.45, 2.75) is 6.92 Å². The highest BCUT2D eigenvalue weighted by Crippen LogP contribution is 2.10. The van der Waals surface area contributed by atoms with Gasteiger partial charge in [0.25, 0.3) is 0 Å². The second-order valence-corrected chi connectivity index (χ2v) is 4.02. The maximum atomic E-state index is 5.47. The number of nitrogens with one attached hydrogen (secondary N) is 1. The number of anilines is 1. The molecule has 0 fully saturated rings. The standard InChI is InChI=1S/C12H22N4O2/c1-4-18-12-9-11(14-10-15-12)13-5-7-17-8-6-16(2)3/h9-10H,4-8H2,1-3H3,(H,13,14,15). The lowest BCUT2D eigenvalue weighted by atomic mass is 10.5. The molecule has 1 rings (SSSR count). The van der Waals surface area contributed by atoms with Gasteiger partial charge in [-0.1, -0.05) is 0 Å². The van der Waals surface area contributed by atoms with Crippen LogP contribution in [0.1, 0.15) is 6.92 Å². The van der Waals surface area contributed by atoms with Crippen molar-refractivity contribution < 1.29 is 9.47 Å². The normalized spacial score (nSPS) is 10.7. The SMILES string of the molecule is CCOc1cc(NCCOCCN(C)C)ncn1. The second-order valence-electron chi connectivity index (χ2n) is 4.02. The van der Waals surface area contributed by atoms with E-state index in [2.05, 4.69) is 20.2 Å². The third kappa shape index (κ3) is 6.36. The van der Waals surface area contributed by atoms with Gasteiger partial charge in [-0.25, -0.2) is 9.97 Å². The highest BCUT2D eigenvalue weighted by Gasteiger charge is 1.98. The fourth-order valence-electron chi connectivity index (χ4n) is 1.26. The molecule has 1 aromatic rings. The molecule has 0 radical (unpaired) electrons. The van der Waals surface area contributed by atoms with Gasteiger partial charge in [-0.05, 0) is 21.0 Å². The Morgan fingerprint density at radius 1 is 1.28 bits per heavy atom. The molecule has 6 heteroatoms. The Kier molecular flexibility index (Phi) is 7.05. The van der Waals surface area contributed by atoms with Gasteiger partial charge in [0.15, 0.2) is 0 Å². The van der Waals surface area contributed by atoms with E-state index >= 15 is 0 Å². The number of rotatable bonds is 9. The highest BCUT2D eigenvalue weighted by molar-refractivity contribution is 5.36. The summed E-state index contributed by atoms with van der Waals surface area (Å²) in [5.74, 6) is 1.34. The molecule has 0 unspecified atom stereocenters. The molecule has 0 aromatic carbocycles. The zero-order valence-electron chi connectivity index (χ0n) is 11.3. The van der Waals surface area contributed by atoms with Gasteiger partial charge >= 0.3 is 0 Å². The maximum absolute atomic E-state index is 5.47. The van der Waals surface area contributed by atoms with Gasteiger partial charge in [-0.3, -0.25) is 0 Å². The van der Waals surface area contributed by atoms with Crippen LogP contribution in [0.3, 0.4) is 0 Å². The van der Waals surface area contributed by atoms with Crippen molar-refractivity contribution in [1.82, 2.24) is 14.9 Å². The van der Waals surface area contributed by atoms with E-state index in [1.54, 1.807) is 6.07 Å². The van der Waals surface area contributed by atoms with E-state index in [-0.39, 0.29) is 0 Å². The van der Waals surface area contributed by atoms with Gasteiger partial charge in [-0.15, -0.1) is 0 Å². The lowest BCUT2D eigenvalue weighted by Crippen LogP contribution is -2.20. The zero-order chi connectivity index (χ0) is 13.2. The maximum Gasteiger partial charge on any atom is 0.218 e. The van der Waals surface area contributed by atoms with Crippen LogP contribution in [0.25, 0.3) is 0 Å². The highest BCUT2D eigenvalue weighted by atomic mass is 16.5. The molecule has 0 atom stereocenters. The molecule has 18 heavy (non-hydrogen) atoms. The third-order valence-corrected chi connectivity index (χ3v) is 2.17. The first kappa shape index (κ1) is 14.7. The first-order valence-electron chi connectivity index (χ1n) is 6.13. The number of likely N-dealkylation sites (N-methyl/N-ethyl adjacent to an activating group) is 1. The number of hydrogen-bond donors (Lipinski definition) is 1. The summed E-state index contributed by atoms with van der Waals surface area (Å²) in [7, 11) is 4.05. The molecule has 0 saturated heterocycles. The molecule has 1 heterocycles. The molecule has 0 saturated carbocycles. The van der Waals surface area contributed by atoms with Crippen molar-refractivity contribution in [3.05, 3.63) is 12.4 Å². The summed E-state index contributed by atoms with van der Waals surface area (Å²) in [5.41, 5.74) is 0. The summed E-state index contributed by atoms with van der Waals surface area (Å²) in [6, 6.07) is 1.78. The van der Waals surface area contributed by atoms with Crippen molar-refractivity contribution in [1.29, 1.82) is 0 Å². The summed E-state index contributed by atoms with van der Waals surface area (Å²) >= 11 is 0. The number of nitrogens with zero attached hydrogens (tertiary/aromatic N) is 3. The Balaban J connectivity index is 2.16. The lowest BCUT2D eigenvalue weighted by molar-refractivity contribution is 0.126. The second kappa shape index (κ2) is 8.66. The number of hydrogen-bond acceptors (Lipinski definition) is 6. The van der Waals surface area contributed by atoms with Crippen LogP contribution in [0, 0.1) is 0 Å². The van der Waals surface area contributed by atoms with Crippen molar-refractivity contribution in [2.75, 3.05) is 52.3 Å². The molecule has 0 aliphatic rings. The number of aromatic nitrogens is 2. The van der Waals surface area contributed by atoms with Crippen molar-refractivity contribution in [3.8, 4) is 5.88 Å². The van der Waals surface area contributed by atoms with E-state index in [1.165, 1.54) is 6.33 Å². The summed E-state index contributed by atoms with van der Waals surface area (Å²) in [5, 5.41) is 3.16. The Hall–Kier alpha value is -1.40. The van der Waals surface area contributed by atoms with Gasteiger partial charge in [-0.2, -0.15) is 0 Å². The average molecular weight is 254 g/mol. The minimum absolute atomic E-state index is 0.587. The smallest absolute Gasteiger partial charge is 0.218 e. The monoisotopic (exact) mass is 254 g/mol. The Morgan fingerprint density at radius 2 is 2.11 bits per heavy atom. The molecule has 0 spiro atoms. The third-order valence-electron chi connectivity index (χ3n) is 2.17. The van der Waals surface area contributed by atoms with Crippen molar-refractivity contribution in [2.24, 2.45) is 0 Å². The quantitative estimate of drug-likeness (QED) is 0.660. The fourth-order valence-corrected chi connectivity index (χ4v) is 1.26. The Labute approximate surface area is 108 Å². The summed E-state index contributed by atoms with van der Waals surface area (Å²) in [4.78, 5) is 10.2. The van der Waals surface area contributed by atoms with E-state index in [1.807, 2.05) is 21.0 Å². The molecule has 0 aliphatic heterocycles. The Morgan fingerprint density at radius 3 is 2.83 bits per heavy atom. The van der Waals surface area contributed by atoms with Gasteiger partial charge in [0.1, 0.15) is 12.1 Å². The topological polar surface area (TPSA) is 59.5 Å². The van der Waals surface area contributed by atoms with Gasteiger partial charge in [0.05, 0.1) is 19.8 Å². The molecular weight excluding hydrogens is 232 g/mol. The first-order chi connectivity index (χ1) is 8.72. The van der Waals surface area contributed by atoms with Gasteiger partial charge < -0.3 is 19.7 Å². The van der Waals surface area contributed by atoms with Crippen LogP contribution in [0.2, 0.25) is 0 Å². The van der Waals surface area contributed by atoms with Crippen LogP contribution in [-0.4, -0.2) is 61.9 Å². The molecule has 102 valence electrons. The first-order valence-corrected chi connectivity index (χ1v) is 6.13. The molecule has 1 aromatic heterocycles. The molecule has 0 aliphatic carbocycles. The molecule has 0 bridgehead atoms. The lowest BCUT2D eigenvalue weighted by Gasteiger charge is -2.10. The van der Waals surface area contributed by atoms with Crippen LogP contribution in [0.4, 0.5) is 5.82 Å². The van der Waals surface area contributed by atoms with Crippen LogP contribution >= 0.6 is 0 Å². The molecule has 6 nitrogen and oxygen atoms in total. The average Bonchev–Trinajstić information content (AvgIpc) is 2.34. The summed E-state index contributed by atoms with van der Waals surface area (Å²) in [6.45, 7) is 5.57. The Bertz CT molecular complexity index is 334. The molecule has 0 amide bonds. The summed E-state index contributed by atoms with van der Waals surface area (Å²) < 4.78 is 10.8. The minimum atomic E-state index is 0.587. The van der Waals surface area contributed by atoms with E-state index in [0.717, 1.165) is 25.5 Å². The predicted molar refractivity (Wildman–Crippen MR) is 71.1 cm³/mol. The van der Waals surface area contributed by atoms with Gasteiger partial charge in [0, 0.05) is 19.2 Å². The molecular formula is C12H22N4O2. The summed E-state index contributed by atoms with van der Waals surface area (Å²) in [6.07, 6.45) is 1.49. The fraction of sp³-hybridized carbons (Fsp3) is 0.667. The van der Waals surface area contributed by atoms with Crippen molar-refractivity contribution in [3.63, 3.8) is 0 Å². The minimum Gasteiger partial charge on any atom is -0.478 e. The van der Waals surface area contributed by atoms with Crippen LogP contribution in [0.5, 0.6) is 5.88 Å². The zero-order valence-corrected chi connectivity index (χ0v) is 11.3. The molecule has 1 N–H and O–H groups in total. The number of ether oxygens (including phenoxy) is 2. The van der Waals surface area contributed by atoms with Crippen molar-refractivity contribution >= 4 is 5.82 Å². The van der Waals surface area contributed by atoms with E-state index in [4.69, 9.17) is 9.47 Å². The van der Waals surface area contributed by atoms with E-state index in [0.29, 0.717) is 19.1 Å². The predicted octanol–water partition coefficient (Wildman–Crippen LogP) is 0.865. The van der Waals surface area contributed by atoms with Crippen LogP contribution in [0.15, 0.2) is 12.4 Å². The van der Waals surface area contributed by atoms with E-state index in [9.17, 15) is 0 Å². The van der Waals surface area contributed by atoms with Crippen LogP contribution in [-0.2, 0) is 4.74 Å². The van der Waals surface area contributed by atoms with Crippen LogP contribution < -0.4 is 10.1 Å².